The molecule has 1 heterocycles. The van der Waals surface area contributed by atoms with Crippen molar-refractivity contribution in [2.45, 2.75) is 56.4 Å². The maximum atomic E-state index is 14.3. The number of Topliss-reactive ketones (excluding diaryl/α,β-unsaturated/α-hetero) is 1. The highest BCUT2D eigenvalue weighted by molar-refractivity contribution is 6.31. The van der Waals surface area contributed by atoms with Gasteiger partial charge in [0.2, 0.25) is 5.60 Å². The molecular weight excluding hydrogens is 554 g/mol. The molecule has 0 amide bonds. The van der Waals surface area contributed by atoms with Gasteiger partial charge in [-0.1, -0.05) is 11.6 Å². The second kappa shape index (κ2) is 12.0. The van der Waals surface area contributed by atoms with Crippen molar-refractivity contribution in [3.05, 3.63) is 70.6 Å². The molecule has 0 radical (unpaired) electrons. The maximum Gasteiger partial charge on any atom is 0.422 e. The number of aliphatic hydroxyl groups is 1. The van der Waals surface area contributed by atoms with E-state index in [9.17, 15) is 27.5 Å². The van der Waals surface area contributed by atoms with Crippen molar-refractivity contribution in [3.63, 3.8) is 0 Å². The first kappa shape index (κ1) is 29.6. The van der Waals surface area contributed by atoms with E-state index in [1.807, 2.05) is 0 Å². The van der Waals surface area contributed by atoms with Crippen molar-refractivity contribution in [1.82, 2.24) is 4.98 Å². The second-order valence-corrected chi connectivity index (χ2v) is 9.95. The number of methoxy groups -OCH3 is 2. The van der Waals surface area contributed by atoms with E-state index >= 15 is 0 Å². The van der Waals surface area contributed by atoms with Gasteiger partial charge < -0.3 is 19.3 Å². The largest absolute Gasteiger partial charge is 0.494 e. The predicted molar refractivity (Wildman–Crippen MR) is 141 cm³/mol. The van der Waals surface area contributed by atoms with E-state index in [4.69, 9.17) is 25.8 Å². The molecule has 40 heavy (non-hydrogen) atoms. The van der Waals surface area contributed by atoms with Crippen LogP contribution in [0.2, 0.25) is 5.02 Å². The Morgan fingerprint density at radius 2 is 1.68 bits per heavy atom. The molecule has 0 spiro atoms. The Labute approximate surface area is 233 Å². The zero-order valence-corrected chi connectivity index (χ0v) is 22.6. The summed E-state index contributed by atoms with van der Waals surface area (Å²) in [6, 6.07) is 10.1. The fourth-order valence-corrected chi connectivity index (χ4v) is 4.85. The van der Waals surface area contributed by atoms with Gasteiger partial charge in [0.25, 0.3) is 0 Å². The summed E-state index contributed by atoms with van der Waals surface area (Å²) in [6.07, 6.45) is -2.83. The van der Waals surface area contributed by atoms with E-state index < -0.39 is 41.9 Å². The van der Waals surface area contributed by atoms with Crippen LogP contribution in [0.1, 0.15) is 54.6 Å². The van der Waals surface area contributed by atoms with Gasteiger partial charge in [0.05, 0.1) is 31.0 Å². The summed E-state index contributed by atoms with van der Waals surface area (Å²) in [5.41, 5.74) is -4.01. The fraction of sp³-hybridized carbons (Fsp3) is 0.379. The molecule has 4 rings (SSSR count). The Morgan fingerprint density at radius 3 is 2.30 bits per heavy atom. The fourth-order valence-electron chi connectivity index (χ4n) is 4.67. The molecule has 1 saturated carbocycles. The third-order valence-corrected chi connectivity index (χ3v) is 7.25. The quantitative estimate of drug-likeness (QED) is 0.200. The van der Waals surface area contributed by atoms with Crippen LogP contribution in [0.15, 0.2) is 48.5 Å². The summed E-state index contributed by atoms with van der Waals surface area (Å²) in [5.74, 6) is -0.524. The first-order valence-corrected chi connectivity index (χ1v) is 13.0. The van der Waals surface area contributed by atoms with Gasteiger partial charge in [-0.15, -0.1) is 0 Å². The van der Waals surface area contributed by atoms with Crippen LogP contribution in [0.5, 0.6) is 17.2 Å². The predicted octanol–water partition coefficient (Wildman–Crippen LogP) is 7.29. The monoisotopic (exact) mass is 581 g/mol. The van der Waals surface area contributed by atoms with E-state index in [0.29, 0.717) is 11.5 Å². The smallest absolute Gasteiger partial charge is 0.422 e. The van der Waals surface area contributed by atoms with Crippen LogP contribution in [0, 0.1) is 5.82 Å². The number of alkyl halides is 3. The van der Waals surface area contributed by atoms with E-state index in [0.717, 1.165) is 37.8 Å². The summed E-state index contributed by atoms with van der Waals surface area (Å²) < 4.78 is 73.1. The van der Waals surface area contributed by atoms with Crippen LogP contribution in [-0.2, 0) is 5.60 Å². The first-order valence-electron chi connectivity index (χ1n) is 12.6. The van der Waals surface area contributed by atoms with Crippen LogP contribution >= 0.6 is 11.6 Å². The molecule has 0 saturated heterocycles. The molecule has 1 unspecified atom stereocenters. The van der Waals surface area contributed by atoms with Gasteiger partial charge >= 0.3 is 6.18 Å². The number of ether oxygens (including phenoxy) is 3. The minimum Gasteiger partial charge on any atom is -0.494 e. The van der Waals surface area contributed by atoms with Gasteiger partial charge in [0.1, 0.15) is 17.3 Å². The normalized spacial score (nSPS) is 15.5. The Balaban J connectivity index is 1.60. The first-order chi connectivity index (χ1) is 19.0. The molecule has 0 aliphatic heterocycles. The van der Waals surface area contributed by atoms with Crippen LogP contribution in [0.25, 0.3) is 11.3 Å². The van der Waals surface area contributed by atoms with Gasteiger partial charge in [0, 0.05) is 17.5 Å². The van der Waals surface area contributed by atoms with Crippen molar-refractivity contribution in [1.29, 1.82) is 0 Å². The number of hydrogen-bond donors (Lipinski definition) is 1. The molecule has 11 heteroatoms. The summed E-state index contributed by atoms with van der Waals surface area (Å²) in [5, 5.41) is 10.7. The topological polar surface area (TPSA) is 77.9 Å². The van der Waals surface area contributed by atoms with Crippen molar-refractivity contribution in [2.75, 3.05) is 14.2 Å². The third kappa shape index (κ3) is 6.18. The number of ketones is 1. The molecule has 1 aromatic heterocycles. The SMILES string of the molecule is COc1cc(C(=O)CCC(O)(c2ccc(OC)c(-c3ccc(F)c(Cl)c3)n2)C(F)(F)F)ccc1OC1CCCC1. The van der Waals surface area contributed by atoms with Gasteiger partial charge in [-0.3, -0.25) is 4.79 Å². The lowest BCUT2D eigenvalue weighted by Gasteiger charge is -2.30. The highest BCUT2D eigenvalue weighted by atomic mass is 35.5. The molecule has 1 fully saturated rings. The van der Waals surface area contributed by atoms with Gasteiger partial charge in [0.15, 0.2) is 17.3 Å². The molecule has 3 aromatic rings. The van der Waals surface area contributed by atoms with Crippen LogP contribution < -0.4 is 14.2 Å². The molecule has 1 aliphatic rings. The molecule has 2 aromatic carbocycles. The van der Waals surface area contributed by atoms with Gasteiger partial charge in [-0.05, 0) is 80.6 Å². The molecule has 0 bridgehead atoms. The van der Waals surface area contributed by atoms with Crippen molar-refractivity contribution >= 4 is 17.4 Å². The zero-order valence-electron chi connectivity index (χ0n) is 21.9. The van der Waals surface area contributed by atoms with Crippen LogP contribution in [0.4, 0.5) is 17.6 Å². The Hall–Kier alpha value is -3.37. The van der Waals surface area contributed by atoms with E-state index in [2.05, 4.69) is 4.98 Å². The van der Waals surface area contributed by atoms with Crippen molar-refractivity contribution in [2.24, 2.45) is 0 Å². The van der Waals surface area contributed by atoms with E-state index in [1.165, 1.54) is 44.6 Å². The summed E-state index contributed by atoms with van der Waals surface area (Å²) in [4.78, 5) is 17.0. The Bertz CT molecular complexity index is 1380. The van der Waals surface area contributed by atoms with Crippen molar-refractivity contribution < 1.29 is 41.7 Å². The Morgan fingerprint density at radius 1 is 1.00 bits per heavy atom. The number of halogens is 5. The van der Waals surface area contributed by atoms with Gasteiger partial charge in [-0.25, -0.2) is 9.37 Å². The molecule has 214 valence electrons. The molecular formula is C29H28ClF4NO5. The highest BCUT2D eigenvalue weighted by Crippen LogP contribution is 2.44. The lowest BCUT2D eigenvalue weighted by atomic mass is 9.89. The number of carbonyl (C=O) groups is 1. The highest BCUT2D eigenvalue weighted by Gasteiger charge is 2.56. The summed E-state index contributed by atoms with van der Waals surface area (Å²) in [6.45, 7) is 0. The maximum absolute atomic E-state index is 14.3. The number of nitrogens with zero attached hydrogens (tertiary/aromatic N) is 1. The van der Waals surface area contributed by atoms with Gasteiger partial charge in [-0.2, -0.15) is 13.2 Å². The van der Waals surface area contributed by atoms with E-state index in [1.54, 1.807) is 6.07 Å². The second-order valence-electron chi connectivity index (χ2n) is 9.55. The van der Waals surface area contributed by atoms with Crippen LogP contribution in [0.3, 0.4) is 0 Å². The number of pyridine rings is 1. The number of carbonyl (C=O) groups excluding carboxylic acids is 1. The average Bonchev–Trinajstić information content (AvgIpc) is 3.45. The number of benzene rings is 2. The lowest BCUT2D eigenvalue weighted by Crippen LogP contribution is -2.43. The number of aromatic nitrogens is 1. The minimum absolute atomic E-state index is 0.0464. The minimum atomic E-state index is -5.18. The Kier molecular flexibility index (Phi) is 8.90. The zero-order chi connectivity index (χ0) is 29.1. The molecule has 1 aliphatic carbocycles. The van der Waals surface area contributed by atoms with E-state index in [-0.39, 0.29) is 33.7 Å². The number of hydrogen-bond acceptors (Lipinski definition) is 6. The van der Waals surface area contributed by atoms with Crippen LogP contribution in [-0.4, -0.2) is 42.4 Å². The standard InChI is InChI=1S/C29H28ClF4NO5/c1-38-24-11-12-26(35-27(24)18-7-9-21(31)20(30)15-18)28(37,29(32,33)34)14-13-22(36)17-8-10-23(25(16-17)39-2)40-19-5-3-4-6-19/h7-12,15-16,19,37H,3-6,13-14H2,1-2H3. The van der Waals surface area contributed by atoms with Crippen molar-refractivity contribution in [3.8, 4) is 28.5 Å². The summed E-state index contributed by atoms with van der Waals surface area (Å²) >= 11 is 5.85. The molecule has 1 atom stereocenters. The lowest BCUT2D eigenvalue weighted by molar-refractivity contribution is -0.270. The summed E-state index contributed by atoms with van der Waals surface area (Å²) in [7, 11) is 2.70. The molecule has 6 nitrogen and oxygen atoms in total. The number of rotatable bonds is 10. The molecule has 1 N–H and O–H groups in total. The third-order valence-electron chi connectivity index (χ3n) is 6.96. The average molecular weight is 582 g/mol.